The van der Waals surface area contributed by atoms with Crippen molar-refractivity contribution in [2.45, 2.75) is 31.9 Å². The number of fused-ring (bicyclic) bond motifs is 1. The van der Waals surface area contributed by atoms with Crippen molar-refractivity contribution in [3.8, 4) is 11.5 Å². The minimum Gasteiger partial charge on any atom is -0.497 e. The van der Waals surface area contributed by atoms with Gasteiger partial charge in [-0.25, -0.2) is 14.4 Å². The SMILES string of the molecule is COc1ccc(OC2CCN(c3nc4c(nc3NC3=CC=C3)CCNC4)CC2)c(F)c1. The lowest BCUT2D eigenvalue weighted by Gasteiger charge is -2.34. The molecule has 162 valence electrons. The van der Waals surface area contributed by atoms with E-state index in [-0.39, 0.29) is 11.9 Å². The number of allylic oxidation sites excluding steroid dienone is 3. The van der Waals surface area contributed by atoms with Crippen LogP contribution >= 0.6 is 0 Å². The van der Waals surface area contributed by atoms with Crippen molar-refractivity contribution in [1.29, 1.82) is 0 Å². The summed E-state index contributed by atoms with van der Waals surface area (Å²) in [6.45, 7) is 3.21. The molecule has 0 atom stereocenters. The van der Waals surface area contributed by atoms with Crippen LogP contribution in [-0.2, 0) is 13.0 Å². The molecule has 3 heterocycles. The molecule has 0 amide bonds. The van der Waals surface area contributed by atoms with Gasteiger partial charge in [-0.1, -0.05) is 6.08 Å². The smallest absolute Gasteiger partial charge is 0.174 e. The summed E-state index contributed by atoms with van der Waals surface area (Å²) in [6, 6.07) is 4.69. The zero-order chi connectivity index (χ0) is 21.2. The maximum atomic E-state index is 14.2. The molecule has 1 aliphatic carbocycles. The van der Waals surface area contributed by atoms with Gasteiger partial charge in [0.1, 0.15) is 11.9 Å². The van der Waals surface area contributed by atoms with Crippen molar-refractivity contribution in [2.75, 3.05) is 37.0 Å². The highest BCUT2D eigenvalue weighted by molar-refractivity contribution is 5.66. The molecule has 2 aromatic rings. The number of benzene rings is 1. The van der Waals surface area contributed by atoms with Gasteiger partial charge in [-0.3, -0.25) is 0 Å². The summed E-state index contributed by atoms with van der Waals surface area (Å²) in [5.41, 5.74) is 3.11. The van der Waals surface area contributed by atoms with E-state index in [1.807, 2.05) is 18.2 Å². The molecule has 0 bridgehead atoms. The van der Waals surface area contributed by atoms with E-state index < -0.39 is 5.82 Å². The van der Waals surface area contributed by atoms with Gasteiger partial charge in [0.2, 0.25) is 0 Å². The van der Waals surface area contributed by atoms with Gasteiger partial charge in [0.05, 0.1) is 18.5 Å². The molecule has 1 saturated heterocycles. The lowest BCUT2D eigenvalue weighted by atomic mass is 10.1. The van der Waals surface area contributed by atoms with Crippen molar-refractivity contribution < 1.29 is 13.9 Å². The molecule has 8 heteroatoms. The first-order valence-corrected chi connectivity index (χ1v) is 10.7. The minimum atomic E-state index is -0.400. The molecule has 1 aromatic carbocycles. The first-order valence-electron chi connectivity index (χ1n) is 10.7. The number of nitrogens with one attached hydrogen (secondary N) is 2. The molecule has 1 fully saturated rings. The Balaban J connectivity index is 1.29. The Hall–Kier alpha value is -3.13. The van der Waals surface area contributed by atoms with Crippen LogP contribution in [0, 0.1) is 5.82 Å². The average molecular weight is 423 g/mol. The standard InChI is InChI=1S/C23H26FN5O2/c1-30-17-5-6-21(18(24)13-17)31-16-8-11-29(12-9-16)23-22(26-15-3-2-4-15)27-19-7-10-25-14-20(19)28-23/h2-6,13,16,25H,7-12,14H2,1H3,(H,26,27). The molecule has 3 aliphatic rings. The number of halogens is 1. The Labute approximate surface area is 181 Å². The Morgan fingerprint density at radius 1 is 1.19 bits per heavy atom. The first-order chi connectivity index (χ1) is 15.2. The number of ether oxygens (including phenoxy) is 2. The molecular weight excluding hydrogens is 397 g/mol. The number of anilines is 2. The molecule has 2 N–H and O–H groups in total. The Bertz CT molecular complexity index is 1030. The van der Waals surface area contributed by atoms with Gasteiger partial charge in [-0.15, -0.1) is 0 Å². The van der Waals surface area contributed by atoms with Crippen LogP contribution in [0.25, 0.3) is 0 Å². The van der Waals surface area contributed by atoms with Gasteiger partial charge in [0.25, 0.3) is 0 Å². The second-order valence-electron chi connectivity index (χ2n) is 7.92. The maximum Gasteiger partial charge on any atom is 0.174 e. The fourth-order valence-corrected chi connectivity index (χ4v) is 4.04. The highest BCUT2D eigenvalue weighted by Gasteiger charge is 2.27. The lowest BCUT2D eigenvalue weighted by Crippen LogP contribution is -2.40. The Morgan fingerprint density at radius 2 is 2.03 bits per heavy atom. The van der Waals surface area contributed by atoms with Gasteiger partial charge in [0, 0.05) is 57.2 Å². The number of methoxy groups -OCH3 is 1. The largest absolute Gasteiger partial charge is 0.497 e. The summed E-state index contributed by atoms with van der Waals surface area (Å²) >= 11 is 0. The summed E-state index contributed by atoms with van der Waals surface area (Å²) in [4.78, 5) is 12.1. The predicted octanol–water partition coefficient (Wildman–Crippen LogP) is 3.18. The Morgan fingerprint density at radius 3 is 2.74 bits per heavy atom. The minimum absolute atomic E-state index is 0.0416. The predicted molar refractivity (Wildman–Crippen MR) is 117 cm³/mol. The second kappa shape index (κ2) is 8.55. The van der Waals surface area contributed by atoms with Gasteiger partial charge in [-0.2, -0.15) is 0 Å². The van der Waals surface area contributed by atoms with Crippen molar-refractivity contribution in [3.63, 3.8) is 0 Å². The first kappa shape index (κ1) is 19.8. The highest BCUT2D eigenvalue weighted by Crippen LogP contribution is 2.31. The average Bonchev–Trinajstić information content (AvgIpc) is 2.77. The van der Waals surface area contributed by atoms with Crippen molar-refractivity contribution >= 4 is 11.6 Å². The number of rotatable bonds is 6. The molecule has 0 radical (unpaired) electrons. The summed E-state index contributed by atoms with van der Waals surface area (Å²) in [7, 11) is 1.52. The van der Waals surface area contributed by atoms with E-state index >= 15 is 0 Å². The zero-order valence-corrected chi connectivity index (χ0v) is 17.5. The summed E-state index contributed by atoms with van der Waals surface area (Å²) in [5, 5.41) is 6.78. The van der Waals surface area contributed by atoms with Crippen molar-refractivity contribution in [3.05, 3.63) is 59.3 Å². The monoisotopic (exact) mass is 423 g/mol. The number of hydrogen-bond donors (Lipinski definition) is 2. The molecule has 7 nitrogen and oxygen atoms in total. The van der Waals surface area contributed by atoms with E-state index in [1.165, 1.54) is 13.2 Å². The van der Waals surface area contributed by atoms with Crippen LogP contribution in [0.3, 0.4) is 0 Å². The molecular formula is C23H26FN5O2. The lowest BCUT2D eigenvalue weighted by molar-refractivity contribution is 0.163. The molecule has 0 unspecified atom stereocenters. The fraction of sp³-hybridized carbons (Fsp3) is 0.391. The zero-order valence-electron chi connectivity index (χ0n) is 17.5. The molecule has 0 saturated carbocycles. The topological polar surface area (TPSA) is 71.5 Å². The summed E-state index contributed by atoms with van der Waals surface area (Å²) < 4.78 is 25.3. The number of aromatic nitrogens is 2. The van der Waals surface area contributed by atoms with E-state index in [0.717, 1.165) is 74.2 Å². The second-order valence-corrected chi connectivity index (χ2v) is 7.92. The molecule has 2 aliphatic heterocycles. The van der Waals surface area contributed by atoms with E-state index in [1.54, 1.807) is 12.1 Å². The van der Waals surface area contributed by atoms with E-state index in [2.05, 4.69) is 15.5 Å². The fourth-order valence-electron chi connectivity index (χ4n) is 4.04. The van der Waals surface area contributed by atoms with E-state index in [9.17, 15) is 4.39 Å². The highest BCUT2D eigenvalue weighted by atomic mass is 19.1. The Kier molecular flexibility index (Phi) is 5.46. The maximum absolute atomic E-state index is 14.2. The molecule has 0 spiro atoms. The number of hydrogen-bond acceptors (Lipinski definition) is 7. The van der Waals surface area contributed by atoms with Gasteiger partial charge < -0.3 is 25.0 Å². The van der Waals surface area contributed by atoms with Crippen LogP contribution in [0.1, 0.15) is 24.2 Å². The summed E-state index contributed by atoms with van der Waals surface area (Å²) in [5.74, 6) is 2.03. The number of nitrogens with zero attached hydrogens (tertiary/aromatic N) is 3. The van der Waals surface area contributed by atoms with E-state index in [4.69, 9.17) is 19.4 Å². The summed E-state index contributed by atoms with van der Waals surface area (Å²) in [6.07, 6.45) is 8.45. The van der Waals surface area contributed by atoms with Crippen LogP contribution < -0.4 is 25.0 Å². The van der Waals surface area contributed by atoms with Crippen LogP contribution in [0.15, 0.2) is 42.1 Å². The van der Waals surface area contributed by atoms with Crippen molar-refractivity contribution in [1.82, 2.24) is 15.3 Å². The van der Waals surface area contributed by atoms with Crippen LogP contribution in [0.4, 0.5) is 16.0 Å². The molecule has 1 aromatic heterocycles. The third-order valence-corrected chi connectivity index (χ3v) is 5.85. The van der Waals surface area contributed by atoms with Crippen LogP contribution in [0.2, 0.25) is 0 Å². The quantitative estimate of drug-likeness (QED) is 0.739. The van der Waals surface area contributed by atoms with Crippen LogP contribution in [-0.4, -0.2) is 42.8 Å². The third kappa shape index (κ3) is 4.20. The van der Waals surface area contributed by atoms with Gasteiger partial charge >= 0.3 is 0 Å². The normalized spacial score (nSPS) is 18.1. The third-order valence-electron chi connectivity index (χ3n) is 5.85. The van der Waals surface area contributed by atoms with Gasteiger partial charge in [0.15, 0.2) is 23.2 Å². The molecule has 5 rings (SSSR count). The molecule has 31 heavy (non-hydrogen) atoms. The van der Waals surface area contributed by atoms with E-state index in [0.29, 0.717) is 5.75 Å². The van der Waals surface area contributed by atoms with Crippen LogP contribution in [0.5, 0.6) is 11.5 Å². The van der Waals surface area contributed by atoms with Gasteiger partial charge in [-0.05, 0) is 24.3 Å². The number of piperidine rings is 1. The van der Waals surface area contributed by atoms with Crippen molar-refractivity contribution in [2.24, 2.45) is 0 Å².